The molecular weight excluding hydrogens is 248 g/mol. The lowest BCUT2D eigenvalue weighted by molar-refractivity contribution is 0.340. The van der Waals surface area contributed by atoms with Crippen LogP contribution in [0.5, 0.6) is 5.75 Å². The zero-order valence-electron chi connectivity index (χ0n) is 10.7. The Morgan fingerprint density at radius 3 is 2.56 bits per heavy atom. The molecule has 3 nitrogen and oxygen atoms in total. The van der Waals surface area contributed by atoms with Gasteiger partial charge in [-0.1, -0.05) is 11.6 Å². The first-order chi connectivity index (χ1) is 8.60. The van der Waals surface area contributed by atoms with Crippen LogP contribution in [0.15, 0.2) is 24.3 Å². The van der Waals surface area contributed by atoms with Crippen LogP contribution in [-0.4, -0.2) is 16.6 Å². The van der Waals surface area contributed by atoms with Crippen LogP contribution >= 0.6 is 11.6 Å². The molecule has 0 N–H and O–H groups in total. The predicted octanol–water partition coefficient (Wildman–Crippen LogP) is 3.81. The van der Waals surface area contributed by atoms with E-state index in [0.717, 1.165) is 22.8 Å². The van der Waals surface area contributed by atoms with Gasteiger partial charge < -0.3 is 4.74 Å². The molecule has 0 aliphatic carbocycles. The molecule has 1 heterocycles. The van der Waals surface area contributed by atoms with Crippen LogP contribution in [0, 0.1) is 13.8 Å². The third-order valence-corrected chi connectivity index (χ3v) is 2.79. The molecule has 0 saturated carbocycles. The Balaban J connectivity index is 2.42. The summed E-state index contributed by atoms with van der Waals surface area (Å²) in [5.74, 6) is 1.46. The van der Waals surface area contributed by atoms with Gasteiger partial charge in [-0.15, -0.1) is 0 Å². The zero-order chi connectivity index (χ0) is 13.1. The molecule has 94 valence electrons. The molecule has 1 aromatic carbocycles. The highest BCUT2D eigenvalue weighted by atomic mass is 35.5. The van der Waals surface area contributed by atoms with Gasteiger partial charge in [-0.25, -0.2) is 9.97 Å². The average Bonchev–Trinajstić information content (AvgIpc) is 2.30. The van der Waals surface area contributed by atoms with Crippen molar-refractivity contribution in [2.24, 2.45) is 0 Å². The molecule has 0 unspecified atom stereocenters. The fourth-order valence-electron chi connectivity index (χ4n) is 1.80. The lowest BCUT2D eigenvalue weighted by Crippen LogP contribution is -1.95. The van der Waals surface area contributed by atoms with Crippen molar-refractivity contribution in [2.45, 2.75) is 20.8 Å². The van der Waals surface area contributed by atoms with Crippen molar-refractivity contribution in [3.63, 3.8) is 0 Å². The molecule has 1 aromatic heterocycles. The van der Waals surface area contributed by atoms with Crippen LogP contribution in [0.25, 0.3) is 11.3 Å². The molecule has 4 heteroatoms. The van der Waals surface area contributed by atoms with Gasteiger partial charge in [0.05, 0.1) is 17.3 Å². The summed E-state index contributed by atoms with van der Waals surface area (Å²) in [7, 11) is 0. The van der Waals surface area contributed by atoms with Crippen LogP contribution in [0.2, 0.25) is 5.02 Å². The summed E-state index contributed by atoms with van der Waals surface area (Å²) >= 11 is 6.17. The molecule has 0 spiro atoms. The van der Waals surface area contributed by atoms with Crippen molar-refractivity contribution in [2.75, 3.05) is 6.61 Å². The Hall–Kier alpha value is -1.61. The number of nitrogens with zero attached hydrogens (tertiary/aromatic N) is 2. The molecule has 0 aliphatic rings. The van der Waals surface area contributed by atoms with E-state index in [0.29, 0.717) is 17.4 Å². The summed E-state index contributed by atoms with van der Waals surface area (Å²) in [6.07, 6.45) is 0. The third kappa shape index (κ3) is 2.79. The molecule has 0 saturated heterocycles. The van der Waals surface area contributed by atoms with Crippen LogP contribution in [0.1, 0.15) is 18.4 Å². The van der Waals surface area contributed by atoms with Crippen molar-refractivity contribution in [3.8, 4) is 17.0 Å². The van der Waals surface area contributed by atoms with E-state index in [4.69, 9.17) is 16.3 Å². The lowest BCUT2D eigenvalue weighted by atomic mass is 10.1. The first-order valence-electron chi connectivity index (χ1n) is 5.85. The van der Waals surface area contributed by atoms with Crippen molar-refractivity contribution >= 4 is 11.6 Å². The summed E-state index contributed by atoms with van der Waals surface area (Å²) in [4.78, 5) is 8.67. The molecule has 0 bridgehead atoms. The summed E-state index contributed by atoms with van der Waals surface area (Å²) in [6.45, 7) is 6.37. The summed E-state index contributed by atoms with van der Waals surface area (Å²) in [5.41, 5.74) is 2.80. The van der Waals surface area contributed by atoms with Crippen LogP contribution in [0.4, 0.5) is 0 Å². The van der Waals surface area contributed by atoms with Gasteiger partial charge in [0, 0.05) is 11.3 Å². The molecule has 0 aliphatic heterocycles. The monoisotopic (exact) mass is 262 g/mol. The number of halogens is 1. The van der Waals surface area contributed by atoms with Crippen LogP contribution < -0.4 is 4.74 Å². The Kier molecular flexibility index (Phi) is 3.82. The summed E-state index contributed by atoms with van der Waals surface area (Å²) in [5, 5.41) is 0.600. The molecule has 2 aromatic rings. The Morgan fingerprint density at radius 2 is 1.94 bits per heavy atom. The third-order valence-electron chi connectivity index (χ3n) is 2.49. The fraction of sp³-hybridized carbons (Fsp3) is 0.286. The normalized spacial score (nSPS) is 10.4. The number of rotatable bonds is 3. The van der Waals surface area contributed by atoms with E-state index in [9.17, 15) is 0 Å². The van der Waals surface area contributed by atoms with Gasteiger partial charge in [-0.3, -0.25) is 0 Å². The highest BCUT2D eigenvalue weighted by Gasteiger charge is 2.06. The second-order valence-corrected chi connectivity index (χ2v) is 4.43. The van der Waals surface area contributed by atoms with Crippen molar-refractivity contribution < 1.29 is 4.74 Å². The van der Waals surface area contributed by atoms with E-state index in [1.165, 1.54) is 0 Å². The van der Waals surface area contributed by atoms with Gasteiger partial charge in [0.1, 0.15) is 11.6 Å². The molecule has 0 amide bonds. The van der Waals surface area contributed by atoms with Crippen molar-refractivity contribution in [1.82, 2.24) is 9.97 Å². The van der Waals surface area contributed by atoms with Crippen LogP contribution in [-0.2, 0) is 0 Å². The maximum Gasteiger partial charge on any atom is 0.137 e. The number of hydrogen-bond donors (Lipinski definition) is 0. The molecule has 2 rings (SSSR count). The van der Waals surface area contributed by atoms with E-state index in [1.54, 1.807) is 0 Å². The molecular formula is C14H15ClN2O. The highest BCUT2D eigenvalue weighted by molar-refractivity contribution is 6.32. The average molecular weight is 263 g/mol. The molecule has 18 heavy (non-hydrogen) atoms. The van der Waals surface area contributed by atoms with Gasteiger partial charge in [0.25, 0.3) is 0 Å². The van der Waals surface area contributed by atoms with E-state index < -0.39 is 0 Å². The molecule has 0 fully saturated rings. The smallest absolute Gasteiger partial charge is 0.137 e. The number of benzene rings is 1. The molecule has 0 radical (unpaired) electrons. The minimum Gasteiger partial charge on any atom is -0.492 e. The van der Waals surface area contributed by atoms with Crippen molar-refractivity contribution in [3.05, 3.63) is 40.8 Å². The first kappa shape index (κ1) is 12.8. The number of ether oxygens (including phenoxy) is 1. The van der Waals surface area contributed by atoms with Crippen LogP contribution in [0.3, 0.4) is 0 Å². The fourth-order valence-corrected chi connectivity index (χ4v) is 2.03. The van der Waals surface area contributed by atoms with E-state index in [2.05, 4.69) is 9.97 Å². The number of hydrogen-bond acceptors (Lipinski definition) is 3. The van der Waals surface area contributed by atoms with Gasteiger partial charge in [0.15, 0.2) is 0 Å². The Morgan fingerprint density at radius 1 is 1.17 bits per heavy atom. The number of aryl methyl sites for hydroxylation is 2. The SMILES string of the molecule is CCOc1ccc(-c2cc(C)nc(C)n2)cc1Cl. The Labute approximate surface area is 112 Å². The maximum absolute atomic E-state index is 6.17. The van der Waals surface area contributed by atoms with E-state index in [1.807, 2.05) is 45.0 Å². The first-order valence-corrected chi connectivity index (χ1v) is 6.23. The van der Waals surface area contributed by atoms with Gasteiger partial charge in [-0.2, -0.15) is 0 Å². The highest BCUT2D eigenvalue weighted by Crippen LogP contribution is 2.29. The predicted molar refractivity (Wildman–Crippen MR) is 73.1 cm³/mol. The summed E-state index contributed by atoms with van der Waals surface area (Å²) in [6, 6.07) is 7.64. The van der Waals surface area contributed by atoms with E-state index in [-0.39, 0.29) is 0 Å². The van der Waals surface area contributed by atoms with Gasteiger partial charge >= 0.3 is 0 Å². The van der Waals surface area contributed by atoms with Gasteiger partial charge in [0.2, 0.25) is 0 Å². The topological polar surface area (TPSA) is 35.0 Å². The summed E-state index contributed by atoms with van der Waals surface area (Å²) < 4.78 is 5.41. The minimum atomic E-state index is 0.600. The largest absolute Gasteiger partial charge is 0.492 e. The van der Waals surface area contributed by atoms with Gasteiger partial charge in [-0.05, 0) is 45.0 Å². The molecule has 0 atom stereocenters. The standard InChI is InChI=1S/C14H15ClN2O/c1-4-18-14-6-5-11(8-12(14)15)13-7-9(2)16-10(3)17-13/h5-8H,4H2,1-3H3. The Bertz CT molecular complexity index is 549. The second-order valence-electron chi connectivity index (χ2n) is 4.02. The van der Waals surface area contributed by atoms with Crippen molar-refractivity contribution in [1.29, 1.82) is 0 Å². The maximum atomic E-state index is 6.17. The zero-order valence-corrected chi connectivity index (χ0v) is 11.5. The lowest BCUT2D eigenvalue weighted by Gasteiger charge is -2.08. The second kappa shape index (κ2) is 5.36. The van der Waals surface area contributed by atoms with E-state index >= 15 is 0 Å². The quantitative estimate of drug-likeness (QED) is 0.844. The number of aromatic nitrogens is 2. The minimum absolute atomic E-state index is 0.600.